The summed E-state index contributed by atoms with van der Waals surface area (Å²) < 4.78 is 48.2. The van der Waals surface area contributed by atoms with Crippen LogP contribution in [-0.4, -0.2) is 36.4 Å². The number of halogens is 1. The summed E-state index contributed by atoms with van der Waals surface area (Å²) in [4.78, 5) is 6.47. The maximum absolute atomic E-state index is 14.9. The smallest absolute Gasteiger partial charge is 0.229 e. The average Bonchev–Trinajstić information content (AvgIpc) is 3.48. The van der Waals surface area contributed by atoms with Gasteiger partial charge >= 0.3 is 0 Å². The van der Waals surface area contributed by atoms with E-state index in [0.717, 1.165) is 17.6 Å². The molecule has 3 heterocycles. The summed E-state index contributed by atoms with van der Waals surface area (Å²) in [5.74, 6) is -0.0254. The van der Waals surface area contributed by atoms with Gasteiger partial charge in [0, 0.05) is 29.8 Å². The van der Waals surface area contributed by atoms with Gasteiger partial charge in [-0.05, 0) is 60.7 Å². The molecular formula is C26H24FN5O3S2. The number of sulfonamides is 1. The van der Waals surface area contributed by atoms with E-state index in [1.165, 1.54) is 13.2 Å². The second kappa shape index (κ2) is 9.83. The molecule has 0 spiro atoms. The Bertz CT molecular complexity index is 1560. The maximum atomic E-state index is 14.9. The molecule has 5 rings (SSSR count). The topological polar surface area (TPSA) is 88.5 Å². The highest BCUT2D eigenvalue weighted by Crippen LogP contribution is 2.44. The van der Waals surface area contributed by atoms with Crippen LogP contribution in [-0.2, 0) is 10.0 Å². The lowest BCUT2D eigenvalue weighted by Gasteiger charge is -2.29. The Kier molecular flexibility index (Phi) is 6.57. The second-order valence-electron chi connectivity index (χ2n) is 8.51. The first-order chi connectivity index (χ1) is 17.8. The molecule has 4 aromatic rings. The van der Waals surface area contributed by atoms with Crippen LogP contribution in [0.15, 0.2) is 85.2 Å². The number of aromatic nitrogens is 2. The molecule has 11 heteroatoms. The zero-order valence-corrected chi connectivity index (χ0v) is 21.6. The molecule has 0 bridgehead atoms. The van der Waals surface area contributed by atoms with Gasteiger partial charge in [-0.2, -0.15) is 0 Å². The minimum atomic E-state index is -3.51. The van der Waals surface area contributed by atoms with E-state index in [0.29, 0.717) is 27.9 Å². The number of anilines is 2. The Labute approximate surface area is 219 Å². The van der Waals surface area contributed by atoms with Crippen molar-refractivity contribution in [1.29, 1.82) is 0 Å². The van der Waals surface area contributed by atoms with Gasteiger partial charge < -0.3 is 19.5 Å². The summed E-state index contributed by atoms with van der Waals surface area (Å²) in [6, 6.07) is 20.3. The predicted octanol–water partition coefficient (Wildman–Crippen LogP) is 4.57. The number of ether oxygens (including phenoxy) is 1. The average molecular weight is 538 g/mol. The van der Waals surface area contributed by atoms with Gasteiger partial charge in [-0.1, -0.05) is 18.2 Å². The number of para-hydroxylation sites is 1. The number of pyridine rings is 1. The third-order valence-electron chi connectivity index (χ3n) is 6.05. The summed E-state index contributed by atoms with van der Waals surface area (Å²) in [5, 5.41) is 3.81. The van der Waals surface area contributed by atoms with Gasteiger partial charge in [0.1, 0.15) is 17.6 Å². The molecule has 2 aromatic carbocycles. The van der Waals surface area contributed by atoms with Crippen LogP contribution in [0, 0.1) is 5.82 Å². The minimum Gasteiger partial charge on any atom is -0.494 e. The lowest BCUT2D eigenvalue weighted by atomic mass is 10.0. The van der Waals surface area contributed by atoms with Gasteiger partial charge in [0.15, 0.2) is 5.11 Å². The molecule has 37 heavy (non-hydrogen) atoms. The van der Waals surface area contributed by atoms with Crippen molar-refractivity contribution >= 4 is 38.7 Å². The number of hydrogen-bond donors (Lipinski definition) is 2. The minimum absolute atomic E-state index is 0.305. The number of methoxy groups -OCH3 is 1. The van der Waals surface area contributed by atoms with E-state index < -0.39 is 16.1 Å². The fourth-order valence-corrected chi connectivity index (χ4v) is 5.46. The van der Waals surface area contributed by atoms with Crippen molar-refractivity contribution in [2.24, 2.45) is 0 Å². The molecule has 0 radical (unpaired) electrons. The summed E-state index contributed by atoms with van der Waals surface area (Å²) in [6.45, 7) is 0. The molecule has 1 fully saturated rings. The molecule has 0 amide bonds. The van der Waals surface area contributed by atoms with E-state index in [-0.39, 0.29) is 11.9 Å². The van der Waals surface area contributed by atoms with Crippen LogP contribution in [0.1, 0.15) is 23.5 Å². The van der Waals surface area contributed by atoms with Crippen LogP contribution < -0.4 is 19.7 Å². The van der Waals surface area contributed by atoms with E-state index in [9.17, 15) is 12.8 Å². The molecule has 0 unspecified atom stereocenters. The number of hydrogen-bond acceptors (Lipinski definition) is 5. The van der Waals surface area contributed by atoms with Gasteiger partial charge in [0.2, 0.25) is 10.0 Å². The molecule has 0 aliphatic carbocycles. The first-order valence-corrected chi connectivity index (χ1v) is 13.7. The Morgan fingerprint density at radius 3 is 2.57 bits per heavy atom. The molecule has 2 N–H and O–H groups in total. The highest BCUT2D eigenvalue weighted by molar-refractivity contribution is 7.92. The van der Waals surface area contributed by atoms with E-state index in [4.69, 9.17) is 17.0 Å². The fraction of sp³-hybridized carbons (Fsp3) is 0.154. The third kappa shape index (κ3) is 4.87. The number of thiocarbonyl (C=S) groups is 1. The predicted molar refractivity (Wildman–Crippen MR) is 145 cm³/mol. The number of rotatable bonds is 7. The number of nitrogens with zero attached hydrogens (tertiary/aromatic N) is 3. The molecule has 2 atom stereocenters. The number of nitrogens with one attached hydrogen (secondary N) is 2. The van der Waals surface area contributed by atoms with Crippen molar-refractivity contribution in [3.05, 3.63) is 102 Å². The highest BCUT2D eigenvalue weighted by atomic mass is 32.2. The Balaban J connectivity index is 1.66. The molecule has 1 aliphatic heterocycles. The van der Waals surface area contributed by atoms with Crippen molar-refractivity contribution in [3.8, 4) is 11.4 Å². The van der Waals surface area contributed by atoms with Crippen LogP contribution in [0.2, 0.25) is 0 Å². The molecular weight excluding hydrogens is 513 g/mol. The summed E-state index contributed by atoms with van der Waals surface area (Å²) >= 11 is 5.79. The lowest BCUT2D eigenvalue weighted by Crippen LogP contribution is -2.30. The van der Waals surface area contributed by atoms with Crippen LogP contribution in [0.3, 0.4) is 0 Å². The van der Waals surface area contributed by atoms with E-state index in [2.05, 4.69) is 15.0 Å². The first-order valence-electron chi connectivity index (χ1n) is 11.4. The van der Waals surface area contributed by atoms with E-state index in [1.807, 2.05) is 41.4 Å². The van der Waals surface area contributed by atoms with Crippen molar-refractivity contribution in [2.45, 2.75) is 12.1 Å². The Morgan fingerprint density at radius 2 is 1.86 bits per heavy atom. The van der Waals surface area contributed by atoms with Gasteiger partial charge in [0.25, 0.3) is 0 Å². The molecule has 190 valence electrons. The first kappa shape index (κ1) is 24.7. The third-order valence-corrected chi connectivity index (χ3v) is 6.96. The summed E-state index contributed by atoms with van der Waals surface area (Å²) in [6.07, 6.45) is 4.59. The van der Waals surface area contributed by atoms with E-state index in [1.54, 1.807) is 47.2 Å². The standard InChI is InChI=1S/C26H24FN5O3S2/c1-35-23-16-17(12-13-19(23)30-37(2,33)34)32-25(24(29-26(32)36)20-9-5-6-14-28-20)22-11-7-15-31(22)21-10-4-3-8-18(21)27/h3-16,24-25,30H,1-2H3,(H,29,36)/t24-,25-/m0/s1. The van der Waals surface area contributed by atoms with Gasteiger partial charge in [-0.3, -0.25) is 9.71 Å². The lowest BCUT2D eigenvalue weighted by molar-refractivity contribution is 0.417. The Morgan fingerprint density at radius 1 is 1.08 bits per heavy atom. The van der Waals surface area contributed by atoms with Crippen molar-refractivity contribution < 1.29 is 17.5 Å². The highest BCUT2D eigenvalue weighted by Gasteiger charge is 2.42. The van der Waals surface area contributed by atoms with Gasteiger partial charge in [0.05, 0.1) is 36.5 Å². The van der Waals surface area contributed by atoms with Crippen molar-refractivity contribution in [3.63, 3.8) is 0 Å². The monoisotopic (exact) mass is 537 g/mol. The molecule has 8 nitrogen and oxygen atoms in total. The number of benzene rings is 2. The molecule has 1 saturated heterocycles. The fourth-order valence-electron chi connectivity index (χ4n) is 4.55. The van der Waals surface area contributed by atoms with Crippen LogP contribution in [0.5, 0.6) is 5.75 Å². The van der Waals surface area contributed by atoms with E-state index >= 15 is 0 Å². The van der Waals surface area contributed by atoms with Crippen molar-refractivity contribution in [2.75, 3.05) is 23.0 Å². The van der Waals surface area contributed by atoms with Crippen LogP contribution in [0.4, 0.5) is 15.8 Å². The zero-order chi connectivity index (χ0) is 26.2. The molecule has 2 aromatic heterocycles. The van der Waals surface area contributed by atoms with Gasteiger partial charge in [-0.25, -0.2) is 12.8 Å². The molecule has 1 aliphatic rings. The van der Waals surface area contributed by atoms with Gasteiger partial charge in [-0.15, -0.1) is 0 Å². The molecule has 0 saturated carbocycles. The van der Waals surface area contributed by atoms with Crippen LogP contribution in [0.25, 0.3) is 5.69 Å². The second-order valence-corrected chi connectivity index (χ2v) is 10.6. The van der Waals surface area contributed by atoms with Crippen molar-refractivity contribution in [1.82, 2.24) is 14.9 Å². The van der Waals surface area contributed by atoms with Crippen LogP contribution >= 0.6 is 12.2 Å². The Hall–Kier alpha value is -3.96. The normalized spacial score (nSPS) is 17.5. The SMILES string of the molecule is COc1cc(N2C(=S)N[C@@H](c3ccccn3)[C@@H]2c2cccn2-c2ccccc2F)ccc1NS(C)(=O)=O. The largest absolute Gasteiger partial charge is 0.494 e. The maximum Gasteiger partial charge on any atom is 0.229 e. The summed E-state index contributed by atoms with van der Waals surface area (Å²) in [5.41, 5.74) is 2.93. The zero-order valence-electron chi connectivity index (χ0n) is 20.0. The summed E-state index contributed by atoms with van der Waals surface area (Å²) in [7, 11) is -2.05. The quantitative estimate of drug-likeness (QED) is 0.334.